The molecule has 4 heteroatoms. The molecule has 0 bridgehead atoms. The molecule has 0 aliphatic heterocycles. The lowest BCUT2D eigenvalue weighted by Gasteiger charge is -2.05. The molecule has 0 aliphatic carbocycles. The predicted octanol–water partition coefficient (Wildman–Crippen LogP) is 2.55. The van der Waals surface area contributed by atoms with Crippen molar-refractivity contribution in [1.29, 1.82) is 0 Å². The average molecular weight is 254 g/mol. The Labute approximate surface area is 111 Å². The molecule has 0 radical (unpaired) electrons. The summed E-state index contributed by atoms with van der Waals surface area (Å²) < 4.78 is 0. The Morgan fingerprint density at radius 2 is 1.74 bits per heavy atom. The van der Waals surface area contributed by atoms with E-state index < -0.39 is 0 Å². The van der Waals surface area contributed by atoms with E-state index in [4.69, 9.17) is 0 Å². The number of nitrogens with zero attached hydrogens (tertiary/aromatic N) is 2. The SMILES string of the molecule is Cc1ccc(C(=O)CC(=O)c2ncccn2)c(C)c1. The highest BCUT2D eigenvalue weighted by molar-refractivity contribution is 6.12. The average Bonchev–Trinajstić information content (AvgIpc) is 2.39. The Kier molecular flexibility index (Phi) is 3.80. The molecule has 0 saturated carbocycles. The van der Waals surface area contributed by atoms with Gasteiger partial charge in [-0.3, -0.25) is 9.59 Å². The van der Waals surface area contributed by atoms with Gasteiger partial charge < -0.3 is 0 Å². The van der Waals surface area contributed by atoms with Crippen LogP contribution in [0.15, 0.2) is 36.7 Å². The van der Waals surface area contributed by atoms with E-state index in [0.717, 1.165) is 11.1 Å². The van der Waals surface area contributed by atoms with E-state index in [1.165, 1.54) is 12.4 Å². The normalized spacial score (nSPS) is 10.2. The van der Waals surface area contributed by atoms with E-state index in [2.05, 4.69) is 9.97 Å². The van der Waals surface area contributed by atoms with Gasteiger partial charge in [0.25, 0.3) is 0 Å². The molecule has 0 N–H and O–H groups in total. The van der Waals surface area contributed by atoms with Gasteiger partial charge in [0.2, 0.25) is 5.78 Å². The van der Waals surface area contributed by atoms with Crippen LogP contribution in [0.2, 0.25) is 0 Å². The fourth-order valence-corrected chi connectivity index (χ4v) is 1.89. The van der Waals surface area contributed by atoms with Crippen LogP contribution in [0.5, 0.6) is 0 Å². The summed E-state index contributed by atoms with van der Waals surface area (Å²) in [6.07, 6.45) is 2.78. The lowest BCUT2D eigenvalue weighted by Crippen LogP contribution is -2.12. The van der Waals surface area contributed by atoms with Crippen molar-refractivity contribution in [2.75, 3.05) is 0 Å². The number of ketones is 2. The molecule has 4 nitrogen and oxygen atoms in total. The molecule has 0 fully saturated rings. The van der Waals surface area contributed by atoms with Crippen molar-refractivity contribution in [1.82, 2.24) is 9.97 Å². The summed E-state index contributed by atoms with van der Waals surface area (Å²) in [5, 5.41) is 0. The summed E-state index contributed by atoms with van der Waals surface area (Å²) in [6.45, 7) is 3.83. The molecule has 0 unspecified atom stereocenters. The molecule has 2 rings (SSSR count). The highest BCUT2D eigenvalue weighted by atomic mass is 16.1. The van der Waals surface area contributed by atoms with E-state index >= 15 is 0 Å². The minimum atomic E-state index is -0.356. The predicted molar refractivity (Wildman–Crippen MR) is 71.2 cm³/mol. The second-order valence-corrected chi connectivity index (χ2v) is 4.41. The molecule has 1 aromatic heterocycles. The van der Waals surface area contributed by atoms with Gasteiger partial charge in [0.05, 0.1) is 6.42 Å². The standard InChI is InChI=1S/C15H14N2O2/c1-10-4-5-12(11(2)8-10)13(18)9-14(19)15-16-6-3-7-17-15/h3-8H,9H2,1-2H3. The van der Waals surface area contributed by atoms with Crippen molar-refractivity contribution in [2.45, 2.75) is 20.3 Å². The Morgan fingerprint density at radius 1 is 1.05 bits per heavy atom. The molecule has 2 aromatic rings. The molecule has 0 amide bonds. The fourth-order valence-electron chi connectivity index (χ4n) is 1.89. The minimum Gasteiger partial charge on any atom is -0.294 e. The van der Waals surface area contributed by atoms with Crippen molar-refractivity contribution < 1.29 is 9.59 Å². The third-order valence-electron chi connectivity index (χ3n) is 2.82. The first kappa shape index (κ1) is 13.1. The fraction of sp³-hybridized carbons (Fsp3) is 0.200. The van der Waals surface area contributed by atoms with Crippen molar-refractivity contribution in [3.8, 4) is 0 Å². The van der Waals surface area contributed by atoms with E-state index in [1.807, 2.05) is 26.0 Å². The number of Topliss-reactive ketones (excluding diaryl/α,β-unsaturated/α-hetero) is 2. The maximum Gasteiger partial charge on any atom is 0.207 e. The van der Waals surface area contributed by atoms with E-state index in [-0.39, 0.29) is 23.8 Å². The van der Waals surface area contributed by atoms with Crippen molar-refractivity contribution in [3.63, 3.8) is 0 Å². The number of carbonyl (C=O) groups excluding carboxylic acids is 2. The van der Waals surface area contributed by atoms with E-state index in [1.54, 1.807) is 12.1 Å². The molecular weight excluding hydrogens is 240 g/mol. The first-order chi connectivity index (χ1) is 9.08. The molecule has 0 aliphatic rings. The summed E-state index contributed by atoms with van der Waals surface area (Å²) in [5.74, 6) is -0.471. The molecule has 96 valence electrons. The third-order valence-corrected chi connectivity index (χ3v) is 2.82. The Hall–Kier alpha value is -2.36. The maximum absolute atomic E-state index is 12.1. The van der Waals surface area contributed by atoms with Crippen LogP contribution in [0.1, 0.15) is 38.5 Å². The van der Waals surface area contributed by atoms with Crippen LogP contribution in [0.4, 0.5) is 0 Å². The van der Waals surface area contributed by atoms with Gasteiger partial charge in [0, 0.05) is 18.0 Å². The van der Waals surface area contributed by atoms with Crippen LogP contribution >= 0.6 is 0 Å². The molecule has 0 spiro atoms. The zero-order chi connectivity index (χ0) is 13.8. The quantitative estimate of drug-likeness (QED) is 0.621. The summed E-state index contributed by atoms with van der Waals surface area (Å²) >= 11 is 0. The smallest absolute Gasteiger partial charge is 0.207 e. The second kappa shape index (κ2) is 5.52. The van der Waals surface area contributed by atoms with Crippen molar-refractivity contribution in [3.05, 3.63) is 59.2 Å². The number of carbonyl (C=O) groups is 2. The summed E-state index contributed by atoms with van der Waals surface area (Å²) in [6, 6.07) is 7.18. The Bertz CT molecular complexity index is 621. The van der Waals surface area contributed by atoms with Crippen molar-refractivity contribution >= 4 is 11.6 Å². The lowest BCUT2D eigenvalue weighted by atomic mass is 9.99. The van der Waals surface area contributed by atoms with E-state index in [9.17, 15) is 9.59 Å². The molecule has 0 saturated heterocycles. The van der Waals surface area contributed by atoms with Gasteiger partial charge in [0.1, 0.15) is 0 Å². The van der Waals surface area contributed by atoms with Gasteiger partial charge >= 0.3 is 0 Å². The van der Waals surface area contributed by atoms with Gasteiger partial charge in [-0.2, -0.15) is 0 Å². The summed E-state index contributed by atoms with van der Waals surface area (Å²) in [7, 11) is 0. The zero-order valence-electron chi connectivity index (χ0n) is 10.9. The van der Waals surface area contributed by atoms with Crippen LogP contribution in [0.25, 0.3) is 0 Å². The van der Waals surface area contributed by atoms with Crippen LogP contribution in [-0.4, -0.2) is 21.5 Å². The maximum atomic E-state index is 12.1. The topological polar surface area (TPSA) is 59.9 Å². The van der Waals surface area contributed by atoms with Crippen LogP contribution in [0.3, 0.4) is 0 Å². The highest BCUT2D eigenvalue weighted by Crippen LogP contribution is 2.13. The summed E-state index contributed by atoms with van der Waals surface area (Å²) in [5.41, 5.74) is 2.55. The molecule has 1 heterocycles. The first-order valence-electron chi connectivity index (χ1n) is 5.98. The van der Waals surface area contributed by atoms with Crippen molar-refractivity contribution in [2.24, 2.45) is 0 Å². The van der Waals surface area contributed by atoms with E-state index in [0.29, 0.717) is 5.56 Å². The second-order valence-electron chi connectivity index (χ2n) is 4.41. The number of rotatable bonds is 4. The Morgan fingerprint density at radius 3 is 2.37 bits per heavy atom. The number of hydrogen-bond acceptors (Lipinski definition) is 4. The summed E-state index contributed by atoms with van der Waals surface area (Å²) in [4.78, 5) is 31.6. The molecular formula is C15H14N2O2. The van der Waals surface area contributed by atoms with Gasteiger partial charge in [-0.25, -0.2) is 9.97 Å². The molecule has 1 aromatic carbocycles. The van der Waals surface area contributed by atoms with Gasteiger partial charge in [-0.15, -0.1) is 0 Å². The number of aryl methyl sites for hydroxylation is 2. The van der Waals surface area contributed by atoms with Crippen LogP contribution in [-0.2, 0) is 0 Å². The van der Waals surface area contributed by atoms with Gasteiger partial charge in [0.15, 0.2) is 11.6 Å². The number of hydrogen-bond donors (Lipinski definition) is 0. The largest absolute Gasteiger partial charge is 0.294 e. The Balaban J connectivity index is 2.15. The van der Waals surface area contributed by atoms with Crippen LogP contribution < -0.4 is 0 Å². The lowest BCUT2D eigenvalue weighted by molar-refractivity contribution is 0.0888. The zero-order valence-corrected chi connectivity index (χ0v) is 10.9. The minimum absolute atomic E-state index is 0.0839. The molecule has 19 heavy (non-hydrogen) atoms. The van der Waals surface area contributed by atoms with Crippen LogP contribution in [0, 0.1) is 13.8 Å². The monoisotopic (exact) mass is 254 g/mol. The van der Waals surface area contributed by atoms with Gasteiger partial charge in [-0.1, -0.05) is 23.8 Å². The number of benzene rings is 1. The molecule has 0 atom stereocenters. The highest BCUT2D eigenvalue weighted by Gasteiger charge is 2.16. The first-order valence-corrected chi connectivity index (χ1v) is 5.98. The van der Waals surface area contributed by atoms with Gasteiger partial charge in [-0.05, 0) is 25.5 Å². The third kappa shape index (κ3) is 3.10. The number of aromatic nitrogens is 2.